The van der Waals surface area contributed by atoms with E-state index in [1.807, 2.05) is 18.2 Å². The number of hydrogen-bond acceptors (Lipinski definition) is 5. The van der Waals surface area contributed by atoms with Gasteiger partial charge in [0.15, 0.2) is 5.58 Å². The van der Waals surface area contributed by atoms with Crippen LogP contribution >= 0.6 is 0 Å². The van der Waals surface area contributed by atoms with E-state index in [0.717, 1.165) is 56.9 Å². The Kier molecular flexibility index (Phi) is 4.26. The lowest BCUT2D eigenvalue weighted by Gasteiger charge is -2.36. The van der Waals surface area contributed by atoms with E-state index in [2.05, 4.69) is 14.8 Å². The number of fused-ring (bicyclic) bond motifs is 1. The highest BCUT2D eigenvalue weighted by atomic mass is 16.4. The van der Waals surface area contributed by atoms with Crippen molar-refractivity contribution < 1.29 is 4.42 Å². The van der Waals surface area contributed by atoms with Crippen LogP contribution in [-0.2, 0) is 0 Å². The summed E-state index contributed by atoms with van der Waals surface area (Å²) in [4.78, 5) is 18.8. The smallest absolute Gasteiger partial charge is 0.406 e. The third kappa shape index (κ3) is 3.11. The molecule has 0 radical (unpaired) electrons. The lowest BCUT2D eigenvalue weighted by molar-refractivity contribution is 0.253. The van der Waals surface area contributed by atoms with Crippen molar-refractivity contribution in [3.05, 3.63) is 28.7 Å². The maximum absolute atomic E-state index is 11.4. The van der Waals surface area contributed by atoms with Crippen LogP contribution in [0.4, 0.5) is 5.69 Å². The molecule has 0 atom stereocenters. The predicted octanol–water partition coefficient (Wildman–Crippen LogP) is 0.982. The first-order valence-corrected chi connectivity index (χ1v) is 7.57. The van der Waals surface area contributed by atoms with Crippen molar-refractivity contribution in [1.82, 2.24) is 9.88 Å². The predicted molar refractivity (Wildman–Crippen MR) is 83.8 cm³/mol. The molecular formula is C15H22N4O2. The lowest BCUT2D eigenvalue weighted by atomic mass is 10.2. The molecule has 1 fully saturated rings. The van der Waals surface area contributed by atoms with Crippen molar-refractivity contribution in [2.24, 2.45) is 5.73 Å². The highest BCUT2D eigenvalue weighted by Crippen LogP contribution is 2.25. The van der Waals surface area contributed by atoms with Crippen LogP contribution in [0.25, 0.3) is 11.1 Å². The molecule has 0 bridgehead atoms. The Hall–Kier alpha value is -1.79. The number of aromatic amines is 1. The molecule has 2 aromatic rings. The van der Waals surface area contributed by atoms with Gasteiger partial charge in [0.1, 0.15) is 0 Å². The molecule has 1 aliphatic heterocycles. The largest absolute Gasteiger partial charge is 0.417 e. The fraction of sp³-hybridized carbons (Fsp3) is 0.533. The Labute approximate surface area is 123 Å². The Morgan fingerprint density at radius 3 is 2.76 bits per heavy atom. The number of H-pyrrole nitrogens is 1. The number of para-hydroxylation sites is 1. The molecule has 21 heavy (non-hydrogen) atoms. The van der Waals surface area contributed by atoms with Gasteiger partial charge in [-0.1, -0.05) is 6.07 Å². The fourth-order valence-electron chi connectivity index (χ4n) is 2.90. The van der Waals surface area contributed by atoms with Crippen molar-refractivity contribution in [2.45, 2.75) is 12.8 Å². The van der Waals surface area contributed by atoms with Crippen molar-refractivity contribution in [3.8, 4) is 0 Å². The molecule has 2 heterocycles. The number of unbranched alkanes of at least 4 members (excludes halogenated alkanes) is 1. The number of anilines is 1. The second kappa shape index (κ2) is 6.32. The normalized spacial score (nSPS) is 16.7. The first-order valence-electron chi connectivity index (χ1n) is 7.57. The van der Waals surface area contributed by atoms with Crippen molar-refractivity contribution in [2.75, 3.05) is 44.2 Å². The zero-order valence-corrected chi connectivity index (χ0v) is 12.2. The minimum atomic E-state index is -0.391. The van der Waals surface area contributed by atoms with Gasteiger partial charge in [-0.3, -0.25) is 9.88 Å². The van der Waals surface area contributed by atoms with E-state index in [1.54, 1.807) is 0 Å². The molecule has 3 rings (SSSR count). The summed E-state index contributed by atoms with van der Waals surface area (Å²) in [6.45, 7) is 5.88. The van der Waals surface area contributed by atoms with E-state index in [-0.39, 0.29) is 0 Å². The van der Waals surface area contributed by atoms with E-state index in [4.69, 9.17) is 10.2 Å². The summed E-state index contributed by atoms with van der Waals surface area (Å²) < 4.78 is 5.28. The molecule has 3 N–H and O–H groups in total. The maximum Gasteiger partial charge on any atom is 0.417 e. The van der Waals surface area contributed by atoms with Gasteiger partial charge in [0, 0.05) is 26.2 Å². The monoisotopic (exact) mass is 290 g/mol. The van der Waals surface area contributed by atoms with Crippen LogP contribution in [0.3, 0.4) is 0 Å². The van der Waals surface area contributed by atoms with E-state index >= 15 is 0 Å². The van der Waals surface area contributed by atoms with Gasteiger partial charge in [0.05, 0.1) is 11.2 Å². The van der Waals surface area contributed by atoms with Crippen LogP contribution in [0.2, 0.25) is 0 Å². The van der Waals surface area contributed by atoms with E-state index in [1.165, 1.54) is 6.42 Å². The van der Waals surface area contributed by atoms with Crippen LogP contribution in [0.15, 0.2) is 27.4 Å². The number of benzene rings is 1. The molecule has 1 aromatic carbocycles. The molecule has 114 valence electrons. The number of aromatic nitrogens is 1. The van der Waals surface area contributed by atoms with Gasteiger partial charge in [0.25, 0.3) is 0 Å². The fourth-order valence-corrected chi connectivity index (χ4v) is 2.90. The number of nitrogens with zero attached hydrogens (tertiary/aromatic N) is 2. The first-order chi connectivity index (χ1) is 10.3. The van der Waals surface area contributed by atoms with Crippen molar-refractivity contribution in [3.63, 3.8) is 0 Å². The summed E-state index contributed by atoms with van der Waals surface area (Å²) in [6, 6.07) is 5.84. The molecule has 0 spiro atoms. The standard InChI is InChI=1S/C15H22N4O2/c16-6-1-2-7-18-8-10-19(11-9-18)13-5-3-4-12-14(13)21-15(20)17-12/h3-5H,1-2,6-11,16H2,(H,17,20). The quantitative estimate of drug-likeness (QED) is 0.803. The molecule has 1 aromatic heterocycles. The van der Waals surface area contributed by atoms with Crippen LogP contribution in [0, 0.1) is 0 Å². The highest BCUT2D eigenvalue weighted by molar-refractivity contribution is 5.86. The minimum absolute atomic E-state index is 0.391. The number of piperazine rings is 1. The molecule has 6 nitrogen and oxygen atoms in total. The summed E-state index contributed by atoms with van der Waals surface area (Å²) in [5, 5.41) is 0. The first kappa shape index (κ1) is 14.2. The van der Waals surface area contributed by atoms with Gasteiger partial charge in [-0.15, -0.1) is 0 Å². The number of oxazole rings is 1. The molecule has 0 aliphatic carbocycles. The number of nitrogens with two attached hydrogens (primary N) is 1. The van der Waals surface area contributed by atoms with E-state index < -0.39 is 5.76 Å². The number of nitrogens with one attached hydrogen (secondary N) is 1. The summed E-state index contributed by atoms with van der Waals surface area (Å²) in [5.41, 5.74) is 7.97. The summed E-state index contributed by atoms with van der Waals surface area (Å²) >= 11 is 0. The van der Waals surface area contributed by atoms with Gasteiger partial charge in [-0.2, -0.15) is 0 Å². The van der Waals surface area contributed by atoms with Crippen LogP contribution in [0.5, 0.6) is 0 Å². The summed E-state index contributed by atoms with van der Waals surface area (Å²) in [5.74, 6) is -0.391. The van der Waals surface area contributed by atoms with E-state index in [9.17, 15) is 4.79 Å². The molecule has 1 aliphatic rings. The lowest BCUT2D eigenvalue weighted by Crippen LogP contribution is -2.46. The van der Waals surface area contributed by atoms with Crippen molar-refractivity contribution in [1.29, 1.82) is 0 Å². The average Bonchev–Trinajstić information content (AvgIpc) is 2.88. The molecule has 6 heteroatoms. The minimum Gasteiger partial charge on any atom is -0.406 e. The number of rotatable bonds is 5. The highest BCUT2D eigenvalue weighted by Gasteiger charge is 2.19. The molecular weight excluding hydrogens is 268 g/mol. The molecule has 0 unspecified atom stereocenters. The second-order valence-corrected chi connectivity index (χ2v) is 5.49. The van der Waals surface area contributed by atoms with Crippen LogP contribution < -0.4 is 16.4 Å². The maximum atomic E-state index is 11.4. The Balaban J connectivity index is 1.67. The average molecular weight is 290 g/mol. The van der Waals surface area contributed by atoms with Gasteiger partial charge >= 0.3 is 5.76 Å². The molecule has 1 saturated heterocycles. The van der Waals surface area contributed by atoms with Gasteiger partial charge in [-0.25, -0.2) is 4.79 Å². The third-order valence-corrected chi connectivity index (χ3v) is 4.07. The Morgan fingerprint density at radius 2 is 2.00 bits per heavy atom. The van der Waals surface area contributed by atoms with Gasteiger partial charge in [-0.05, 0) is 38.1 Å². The number of hydrogen-bond donors (Lipinski definition) is 2. The van der Waals surface area contributed by atoms with Gasteiger partial charge < -0.3 is 15.1 Å². The topological polar surface area (TPSA) is 78.5 Å². The zero-order chi connectivity index (χ0) is 14.7. The van der Waals surface area contributed by atoms with Crippen LogP contribution in [-0.4, -0.2) is 49.2 Å². The third-order valence-electron chi connectivity index (χ3n) is 4.07. The van der Waals surface area contributed by atoms with Crippen molar-refractivity contribution >= 4 is 16.8 Å². The second-order valence-electron chi connectivity index (χ2n) is 5.49. The Bertz CT molecular complexity index is 640. The molecule has 0 saturated carbocycles. The Morgan fingerprint density at radius 1 is 1.19 bits per heavy atom. The van der Waals surface area contributed by atoms with Crippen LogP contribution in [0.1, 0.15) is 12.8 Å². The molecule has 0 amide bonds. The summed E-state index contributed by atoms with van der Waals surface area (Å²) in [6.07, 6.45) is 2.26. The SMILES string of the molecule is NCCCCN1CCN(c2cccc3[nH]c(=O)oc23)CC1. The summed E-state index contributed by atoms with van der Waals surface area (Å²) in [7, 11) is 0. The zero-order valence-electron chi connectivity index (χ0n) is 12.2. The van der Waals surface area contributed by atoms with E-state index in [0.29, 0.717) is 5.58 Å². The van der Waals surface area contributed by atoms with Gasteiger partial charge in [0.2, 0.25) is 0 Å².